The molecule has 1 N–H and O–H groups in total. The second-order valence-electron chi connectivity index (χ2n) is 9.58. The Hall–Kier alpha value is -3.68. The molecule has 0 radical (unpaired) electrons. The van der Waals surface area contributed by atoms with Gasteiger partial charge in [-0.1, -0.05) is 47.1 Å². The molecule has 3 heterocycles. The van der Waals surface area contributed by atoms with Crippen LogP contribution in [0, 0.1) is 5.92 Å². The first-order valence-corrected chi connectivity index (χ1v) is 13.1. The third-order valence-corrected chi connectivity index (χ3v) is 7.38. The topological polar surface area (TPSA) is 76.2 Å². The Bertz CT molecular complexity index is 1590. The highest BCUT2D eigenvalue weighted by Gasteiger charge is 2.27. The second-order valence-corrected chi connectivity index (χ2v) is 10.0. The average molecular weight is 514 g/mol. The Morgan fingerprint density at radius 2 is 1.95 bits per heavy atom. The Morgan fingerprint density at radius 3 is 2.81 bits per heavy atom. The van der Waals surface area contributed by atoms with Gasteiger partial charge in [0.15, 0.2) is 0 Å². The summed E-state index contributed by atoms with van der Waals surface area (Å²) in [4.78, 5) is 20.0. The molecular weight excluding hydrogens is 486 g/mol. The summed E-state index contributed by atoms with van der Waals surface area (Å²) >= 11 is 6.09. The minimum atomic E-state index is -0.100. The molecule has 188 valence electrons. The van der Waals surface area contributed by atoms with Gasteiger partial charge < -0.3 is 14.4 Å². The van der Waals surface area contributed by atoms with Crippen molar-refractivity contribution in [1.29, 1.82) is 0 Å². The van der Waals surface area contributed by atoms with Crippen LogP contribution in [0.25, 0.3) is 33.2 Å². The first kappa shape index (κ1) is 23.7. The molecule has 8 heteroatoms. The number of piperidine rings is 1. The number of halogens is 1. The number of rotatable bonds is 6. The van der Waals surface area contributed by atoms with Crippen molar-refractivity contribution in [1.82, 2.24) is 19.6 Å². The van der Waals surface area contributed by atoms with Gasteiger partial charge in [0.05, 0.1) is 12.5 Å². The highest BCUT2D eigenvalue weighted by atomic mass is 35.5. The molecule has 6 rings (SSSR count). The van der Waals surface area contributed by atoms with E-state index >= 15 is 0 Å². The molecule has 1 aliphatic rings. The number of aromatic nitrogens is 3. The lowest BCUT2D eigenvalue weighted by Crippen LogP contribution is -2.40. The van der Waals surface area contributed by atoms with Crippen LogP contribution < -0.4 is 5.32 Å². The number of nitrogens with one attached hydrogen (secondary N) is 1. The molecule has 1 unspecified atom stereocenters. The third-order valence-electron chi connectivity index (χ3n) is 7.14. The van der Waals surface area contributed by atoms with Crippen molar-refractivity contribution in [2.75, 3.05) is 18.4 Å². The van der Waals surface area contributed by atoms with Gasteiger partial charge in [-0.25, -0.2) is 0 Å². The zero-order valence-electron chi connectivity index (χ0n) is 20.7. The van der Waals surface area contributed by atoms with Crippen molar-refractivity contribution in [3.63, 3.8) is 0 Å². The van der Waals surface area contributed by atoms with Gasteiger partial charge in [0.25, 0.3) is 0 Å². The van der Waals surface area contributed by atoms with Crippen LogP contribution in [0.3, 0.4) is 0 Å². The second kappa shape index (κ2) is 10.00. The number of fused-ring (bicyclic) bond motifs is 3. The van der Waals surface area contributed by atoms with E-state index in [0.29, 0.717) is 29.8 Å². The minimum absolute atomic E-state index is 0.0495. The van der Waals surface area contributed by atoms with Gasteiger partial charge in [-0.15, -0.1) is 0 Å². The lowest BCUT2D eigenvalue weighted by Gasteiger charge is -2.30. The molecule has 2 aromatic heterocycles. The number of hydrogen-bond acceptors (Lipinski definition) is 5. The number of anilines is 1. The summed E-state index contributed by atoms with van der Waals surface area (Å²) in [5, 5.41) is 10.3. The Morgan fingerprint density at radius 1 is 1.08 bits per heavy atom. The van der Waals surface area contributed by atoms with Gasteiger partial charge >= 0.3 is 0 Å². The summed E-state index contributed by atoms with van der Waals surface area (Å²) in [5.74, 6) is 1.00. The van der Waals surface area contributed by atoms with Crippen molar-refractivity contribution in [3.8, 4) is 11.4 Å². The standard InChI is InChI=1S/C29H28ClN5O2/c1-2-35-25-11-4-3-10-23(25)24-16-22(12-13-26(24)35)31-29(36)20-8-6-14-34(17-20)18-27-32-28(33-37-27)19-7-5-9-21(30)15-19/h3-5,7,9-13,15-16,20H,2,6,8,14,17-18H2,1H3,(H,31,36). The predicted octanol–water partition coefficient (Wildman–Crippen LogP) is 6.37. The normalized spacial score (nSPS) is 16.4. The molecule has 1 amide bonds. The largest absolute Gasteiger partial charge is 0.341 e. The van der Waals surface area contributed by atoms with Crippen LogP contribution in [0.2, 0.25) is 5.02 Å². The number of hydrogen-bond donors (Lipinski definition) is 1. The predicted molar refractivity (Wildman–Crippen MR) is 146 cm³/mol. The van der Waals surface area contributed by atoms with E-state index in [-0.39, 0.29) is 11.8 Å². The number of carbonyl (C=O) groups excluding carboxylic acids is 1. The third kappa shape index (κ3) is 4.72. The summed E-state index contributed by atoms with van der Waals surface area (Å²) in [7, 11) is 0. The van der Waals surface area contributed by atoms with Crippen LogP contribution >= 0.6 is 11.6 Å². The van der Waals surface area contributed by atoms with Gasteiger partial charge in [0.2, 0.25) is 17.6 Å². The Balaban J connectivity index is 1.14. The maximum Gasteiger partial charge on any atom is 0.241 e. The van der Waals surface area contributed by atoms with Crippen molar-refractivity contribution >= 4 is 45.0 Å². The molecule has 1 fully saturated rings. The molecular formula is C29H28ClN5O2. The summed E-state index contributed by atoms with van der Waals surface area (Å²) in [5.41, 5.74) is 4.04. The molecule has 3 aromatic carbocycles. The maximum atomic E-state index is 13.2. The Labute approximate surface area is 220 Å². The molecule has 0 spiro atoms. The number of aryl methyl sites for hydroxylation is 1. The number of carbonyl (C=O) groups is 1. The lowest BCUT2D eigenvalue weighted by atomic mass is 9.97. The molecule has 7 nitrogen and oxygen atoms in total. The summed E-state index contributed by atoms with van der Waals surface area (Å²) in [6.07, 6.45) is 1.80. The molecule has 37 heavy (non-hydrogen) atoms. The van der Waals surface area contributed by atoms with Gasteiger partial charge in [0, 0.05) is 51.2 Å². The van der Waals surface area contributed by atoms with Gasteiger partial charge in [0.1, 0.15) is 0 Å². The molecule has 0 saturated carbocycles. The highest BCUT2D eigenvalue weighted by molar-refractivity contribution is 6.30. The van der Waals surface area contributed by atoms with E-state index in [9.17, 15) is 4.79 Å². The van der Waals surface area contributed by atoms with Crippen LogP contribution in [0.15, 0.2) is 71.3 Å². The summed E-state index contributed by atoms with van der Waals surface area (Å²) in [6, 6.07) is 22.0. The van der Waals surface area contributed by atoms with E-state index in [1.54, 1.807) is 0 Å². The van der Waals surface area contributed by atoms with E-state index < -0.39 is 0 Å². The van der Waals surface area contributed by atoms with Crippen LogP contribution in [0.1, 0.15) is 25.7 Å². The molecule has 1 saturated heterocycles. The van der Waals surface area contributed by atoms with E-state index in [4.69, 9.17) is 16.1 Å². The summed E-state index contributed by atoms with van der Waals surface area (Å²) < 4.78 is 7.80. The van der Waals surface area contributed by atoms with Crippen LogP contribution in [0.5, 0.6) is 0 Å². The number of likely N-dealkylation sites (tertiary alicyclic amines) is 1. The van der Waals surface area contributed by atoms with Crippen LogP contribution in [-0.4, -0.2) is 38.6 Å². The van der Waals surface area contributed by atoms with E-state index in [1.165, 1.54) is 16.4 Å². The fourth-order valence-corrected chi connectivity index (χ4v) is 5.58. The van der Waals surface area contributed by atoms with Crippen molar-refractivity contribution < 1.29 is 9.32 Å². The maximum absolute atomic E-state index is 13.2. The van der Waals surface area contributed by atoms with Gasteiger partial charge in [-0.3, -0.25) is 9.69 Å². The SMILES string of the molecule is CCn1c2ccccc2c2cc(NC(=O)C3CCCN(Cc4nc(-c5cccc(Cl)c5)no4)C3)ccc21. The van der Waals surface area contributed by atoms with Crippen LogP contribution in [0.4, 0.5) is 5.69 Å². The number of benzene rings is 3. The zero-order valence-corrected chi connectivity index (χ0v) is 21.4. The molecule has 5 aromatic rings. The number of nitrogens with zero attached hydrogens (tertiary/aromatic N) is 4. The van der Waals surface area contributed by atoms with Crippen LogP contribution in [-0.2, 0) is 17.9 Å². The smallest absolute Gasteiger partial charge is 0.241 e. The lowest BCUT2D eigenvalue weighted by molar-refractivity contribution is -0.121. The average Bonchev–Trinajstić information content (AvgIpc) is 3.51. The van der Waals surface area contributed by atoms with E-state index in [0.717, 1.165) is 42.6 Å². The van der Waals surface area contributed by atoms with Crippen molar-refractivity contribution in [2.24, 2.45) is 5.92 Å². The summed E-state index contributed by atoms with van der Waals surface area (Å²) in [6.45, 7) is 5.11. The Kier molecular flexibility index (Phi) is 6.40. The van der Waals surface area contributed by atoms with E-state index in [2.05, 4.69) is 68.2 Å². The van der Waals surface area contributed by atoms with Gasteiger partial charge in [-0.05, 0) is 62.7 Å². The van der Waals surface area contributed by atoms with E-state index in [1.807, 2.05) is 30.3 Å². The molecule has 1 aliphatic heterocycles. The molecule has 0 bridgehead atoms. The molecule has 1 atom stereocenters. The quantitative estimate of drug-likeness (QED) is 0.285. The zero-order chi connectivity index (χ0) is 25.4. The fourth-order valence-electron chi connectivity index (χ4n) is 5.38. The number of amides is 1. The van der Waals surface area contributed by atoms with Crippen molar-refractivity contribution in [3.05, 3.63) is 77.6 Å². The van der Waals surface area contributed by atoms with Gasteiger partial charge in [-0.2, -0.15) is 4.98 Å². The van der Waals surface area contributed by atoms with Crippen molar-refractivity contribution in [2.45, 2.75) is 32.9 Å². The fraction of sp³-hybridized carbons (Fsp3) is 0.276. The first-order valence-electron chi connectivity index (χ1n) is 12.7. The molecule has 0 aliphatic carbocycles. The highest BCUT2D eigenvalue weighted by Crippen LogP contribution is 2.31. The monoisotopic (exact) mass is 513 g/mol. The first-order chi connectivity index (χ1) is 18.1. The minimum Gasteiger partial charge on any atom is -0.341 e. The number of para-hydroxylation sites is 1.